The number of piperidine rings is 1. The molecular formula is C18H29N5O2S. The second-order valence-electron chi connectivity index (χ2n) is 7.59. The van der Waals surface area contributed by atoms with Gasteiger partial charge in [-0.15, -0.1) is 11.3 Å². The molecule has 26 heavy (non-hydrogen) atoms. The van der Waals surface area contributed by atoms with Crippen LogP contribution < -0.4 is 15.5 Å². The Morgan fingerprint density at radius 1 is 1.38 bits per heavy atom. The number of hydrogen-bond donors (Lipinski definition) is 2. The van der Waals surface area contributed by atoms with Crippen LogP contribution in [-0.4, -0.2) is 61.1 Å². The smallest absolute Gasteiger partial charge is 0.323 e. The summed E-state index contributed by atoms with van der Waals surface area (Å²) in [6.45, 7) is 9.99. The highest BCUT2D eigenvalue weighted by atomic mass is 32.1. The number of hydrogen-bond acceptors (Lipinski definition) is 5. The first-order chi connectivity index (χ1) is 12.5. The van der Waals surface area contributed by atoms with E-state index in [-0.39, 0.29) is 18.4 Å². The summed E-state index contributed by atoms with van der Waals surface area (Å²) < 4.78 is 0. The lowest BCUT2D eigenvalue weighted by atomic mass is 9.92. The van der Waals surface area contributed by atoms with Crippen molar-refractivity contribution in [3.05, 3.63) is 11.1 Å². The topological polar surface area (TPSA) is 77.6 Å². The van der Waals surface area contributed by atoms with Gasteiger partial charge >= 0.3 is 6.03 Å². The molecule has 2 saturated heterocycles. The molecule has 7 nitrogen and oxygen atoms in total. The maximum atomic E-state index is 12.1. The number of likely N-dealkylation sites (tertiary alicyclic amines) is 1. The van der Waals surface area contributed by atoms with E-state index in [0.717, 1.165) is 30.5 Å². The molecule has 0 saturated carbocycles. The number of carbonyl (C=O) groups is 2. The van der Waals surface area contributed by atoms with Crippen molar-refractivity contribution in [1.82, 2.24) is 20.5 Å². The van der Waals surface area contributed by atoms with Crippen LogP contribution in [0.5, 0.6) is 0 Å². The zero-order valence-electron chi connectivity index (χ0n) is 15.7. The molecule has 1 aromatic heterocycles. The van der Waals surface area contributed by atoms with Gasteiger partial charge in [0.2, 0.25) is 5.91 Å². The SMILES string of the molecule is CC1CC(C)CN(CCCNC(=O)Cc2csc(N3CCNC3=O)n2)C1. The number of amides is 3. The van der Waals surface area contributed by atoms with Gasteiger partial charge in [-0.1, -0.05) is 13.8 Å². The first kappa shape index (κ1) is 19.1. The van der Waals surface area contributed by atoms with Crippen LogP contribution in [-0.2, 0) is 11.2 Å². The molecule has 0 spiro atoms. The van der Waals surface area contributed by atoms with Gasteiger partial charge in [0, 0.05) is 38.1 Å². The van der Waals surface area contributed by atoms with Crippen molar-refractivity contribution in [1.29, 1.82) is 0 Å². The van der Waals surface area contributed by atoms with Crippen LogP contribution in [0.1, 0.15) is 32.4 Å². The summed E-state index contributed by atoms with van der Waals surface area (Å²) in [5.74, 6) is 1.53. The molecule has 2 fully saturated rings. The fourth-order valence-electron chi connectivity index (χ4n) is 3.89. The third-order valence-electron chi connectivity index (χ3n) is 4.89. The molecule has 0 bridgehead atoms. The van der Waals surface area contributed by atoms with Gasteiger partial charge in [-0.05, 0) is 31.2 Å². The van der Waals surface area contributed by atoms with E-state index in [2.05, 4.69) is 34.4 Å². The van der Waals surface area contributed by atoms with Crippen LogP contribution in [0.25, 0.3) is 0 Å². The third-order valence-corrected chi connectivity index (χ3v) is 5.80. The third kappa shape index (κ3) is 5.17. The van der Waals surface area contributed by atoms with Crippen molar-refractivity contribution in [3.63, 3.8) is 0 Å². The van der Waals surface area contributed by atoms with Gasteiger partial charge in [0.1, 0.15) is 0 Å². The van der Waals surface area contributed by atoms with Gasteiger partial charge in [-0.3, -0.25) is 9.69 Å². The first-order valence-electron chi connectivity index (χ1n) is 9.50. The lowest BCUT2D eigenvalue weighted by Crippen LogP contribution is -2.40. The number of urea groups is 1. The Labute approximate surface area is 159 Å². The van der Waals surface area contributed by atoms with Crippen molar-refractivity contribution in [3.8, 4) is 0 Å². The predicted octanol–water partition coefficient (Wildman–Crippen LogP) is 1.70. The maximum absolute atomic E-state index is 12.1. The Kier molecular flexibility index (Phi) is 6.48. The molecule has 0 radical (unpaired) electrons. The van der Waals surface area contributed by atoms with Crippen molar-refractivity contribution >= 4 is 28.4 Å². The van der Waals surface area contributed by atoms with Gasteiger partial charge in [-0.25, -0.2) is 9.78 Å². The maximum Gasteiger partial charge on any atom is 0.323 e. The van der Waals surface area contributed by atoms with E-state index in [1.807, 2.05) is 5.38 Å². The molecule has 144 valence electrons. The van der Waals surface area contributed by atoms with Gasteiger partial charge in [-0.2, -0.15) is 0 Å². The molecule has 2 aliphatic heterocycles. The molecule has 8 heteroatoms. The van der Waals surface area contributed by atoms with Crippen molar-refractivity contribution in [2.75, 3.05) is 44.2 Å². The highest BCUT2D eigenvalue weighted by Gasteiger charge is 2.24. The summed E-state index contributed by atoms with van der Waals surface area (Å²) in [7, 11) is 0. The number of carbonyl (C=O) groups excluding carboxylic acids is 2. The minimum Gasteiger partial charge on any atom is -0.356 e. The average Bonchev–Trinajstić information content (AvgIpc) is 3.19. The van der Waals surface area contributed by atoms with Gasteiger partial charge in [0.05, 0.1) is 12.1 Å². The fraction of sp³-hybridized carbons (Fsp3) is 0.722. The normalized spacial score (nSPS) is 23.9. The number of anilines is 1. The highest BCUT2D eigenvalue weighted by molar-refractivity contribution is 7.14. The standard InChI is InChI=1S/C18H29N5O2S/c1-13-8-14(2)11-22(10-13)6-3-4-19-16(24)9-15-12-26-18(21-15)23-7-5-20-17(23)25/h12-14H,3-11H2,1-2H3,(H,19,24)(H,20,25). The lowest BCUT2D eigenvalue weighted by Gasteiger charge is -2.34. The number of nitrogens with one attached hydrogen (secondary N) is 2. The van der Waals surface area contributed by atoms with Crippen LogP contribution in [0, 0.1) is 11.8 Å². The molecular weight excluding hydrogens is 350 g/mol. The molecule has 3 amide bonds. The van der Waals surface area contributed by atoms with Crippen molar-refractivity contribution < 1.29 is 9.59 Å². The van der Waals surface area contributed by atoms with Crippen LogP contribution in [0.2, 0.25) is 0 Å². The molecule has 2 unspecified atom stereocenters. The molecule has 3 heterocycles. The number of thiazole rings is 1. The van der Waals surface area contributed by atoms with E-state index in [0.29, 0.717) is 24.8 Å². The van der Waals surface area contributed by atoms with E-state index in [1.165, 1.54) is 30.8 Å². The van der Waals surface area contributed by atoms with Crippen LogP contribution in [0.3, 0.4) is 0 Å². The molecule has 1 aromatic rings. The second-order valence-corrected chi connectivity index (χ2v) is 8.43. The van der Waals surface area contributed by atoms with Crippen LogP contribution >= 0.6 is 11.3 Å². The minimum atomic E-state index is -0.114. The van der Waals surface area contributed by atoms with Gasteiger partial charge in [0.15, 0.2) is 5.13 Å². The summed E-state index contributed by atoms with van der Waals surface area (Å²) in [5.41, 5.74) is 0.723. The van der Waals surface area contributed by atoms with E-state index >= 15 is 0 Å². The Morgan fingerprint density at radius 2 is 2.15 bits per heavy atom. The first-order valence-corrected chi connectivity index (χ1v) is 10.4. The van der Waals surface area contributed by atoms with Crippen LogP contribution in [0.15, 0.2) is 5.38 Å². The summed E-state index contributed by atoms with van der Waals surface area (Å²) in [6, 6.07) is -0.114. The fourth-order valence-corrected chi connectivity index (χ4v) is 4.74. The Hall–Kier alpha value is -1.67. The molecule has 2 atom stereocenters. The summed E-state index contributed by atoms with van der Waals surface area (Å²) >= 11 is 1.41. The molecule has 2 N–H and O–H groups in total. The quantitative estimate of drug-likeness (QED) is 0.707. The molecule has 2 aliphatic rings. The summed E-state index contributed by atoms with van der Waals surface area (Å²) in [6.07, 6.45) is 2.56. The number of rotatable bonds is 7. The Morgan fingerprint density at radius 3 is 2.85 bits per heavy atom. The zero-order valence-corrected chi connectivity index (χ0v) is 16.5. The zero-order chi connectivity index (χ0) is 18.5. The number of aromatic nitrogens is 1. The van der Waals surface area contributed by atoms with Crippen LogP contribution in [0.4, 0.5) is 9.93 Å². The minimum absolute atomic E-state index is 0.00639. The molecule has 0 aromatic carbocycles. The molecule has 3 rings (SSSR count). The van der Waals surface area contributed by atoms with E-state index < -0.39 is 0 Å². The largest absolute Gasteiger partial charge is 0.356 e. The van der Waals surface area contributed by atoms with E-state index in [4.69, 9.17) is 0 Å². The Bertz CT molecular complexity index is 625. The predicted molar refractivity (Wildman–Crippen MR) is 104 cm³/mol. The lowest BCUT2D eigenvalue weighted by molar-refractivity contribution is -0.120. The van der Waals surface area contributed by atoms with Gasteiger partial charge < -0.3 is 15.5 Å². The number of nitrogens with zero attached hydrogens (tertiary/aromatic N) is 3. The highest BCUT2D eigenvalue weighted by Crippen LogP contribution is 2.22. The average molecular weight is 380 g/mol. The van der Waals surface area contributed by atoms with E-state index in [9.17, 15) is 9.59 Å². The summed E-state index contributed by atoms with van der Waals surface area (Å²) in [5, 5.41) is 8.26. The van der Waals surface area contributed by atoms with Gasteiger partial charge in [0.25, 0.3) is 0 Å². The monoisotopic (exact) mass is 379 g/mol. The second kappa shape index (κ2) is 8.81. The summed E-state index contributed by atoms with van der Waals surface area (Å²) in [4.78, 5) is 32.3. The van der Waals surface area contributed by atoms with Crippen molar-refractivity contribution in [2.45, 2.75) is 33.1 Å². The van der Waals surface area contributed by atoms with E-state index in [1.54, 1.807) is 4.90 Å². The Balaban J connectivity index is 1.35. The van der Waals surface area contributed by atoms with Crippen molar-refractivity contribution in [2.24, 2.45) is 11.8 Å². The molecule has 0 aliphatic carbocycles.